The number of urea groups is 1. The number of nitrogens with one attached hydrogen (secondary N) is 1. The quantitative estimate of drug-likeness (QED) is 0.123. The molecule has 2 aromatic heterocycles. The van der Waals surface area contributed by atoms with Crippen LogP contribution in [-0.4, -0.2) is 120 Å². The van der Waals surface area contributed by atoms with Crippen molar-refractivity contribution in [2.45, 2.75) is 69.4 Å². The molecule has 0 aliphatic carbocycles. The summed E-state index contributed by atoms with van der Waals surface area (Å²) in [6.07, 6.45) is 3.70. The van der Waals surface area contributed by atoms with Crippen molar-refractivity contribution in [3.63, 3.8) is 0 Å². The highest BCUT2D eigenvalue weighted by atomic mass is 32.2. The number of oxime groups is 1. The lowest BCUT2D eigenvalue weighted by Crippen LogP contribution is -2.60. The summed E-state index contributed by atoms with van der Waals surface area (Å²) < 4.78 is 11.1. The summed E-state index contributed by atoms with van der Waals surface area (Å²) in [5, 5.41) is 6.61. The largest absolute Gasteiger partial charge is 0.541 e. The maximum atomic E-state index is 13.7. The van der Waals surface area contributed by atoms with E-state index in [2.05, 4.69) is 25.2 Å². The van der Waals surface area contributed by atoms with E-state index in [9.17, 15) is 28.8 Å². The molecule has 0 aromatic carbocycles. The first-order valence-electron chi connectivity index (χ1n) is 14.7. The van der Waals surface area contributed by atoms with Gasteiger partial charge in [0.25, 0.3) is 0 Å². The highest BCUT2D eigenvalue weighted by molar-refractivity contribution is 8.02. The maximum Gasteiger partial charge on any atom is 0.378 e. The van der Waals surface area contributed by atoms with Gasteiger partial charge in [-0.3, -0.25) is 23.9 Å². The number of fused-ring (bicyclic) bond motifs is 1. The Bertz CT molecular complexity index is 1670. The summed E-state index contributed by atoms with van der Waals surface area (Å²) in [6.45, 7) is 9.51. The normalized spacial score (nSPS) is 22.7. The third-order valence-corrected chi connectivity index (χ3v) is 10.1. The first-order chi connectivity index (χ1) is 22.5. The molecule has 2 aromatic rings. The number of β-lactam (4-membered cyclic amide) rings is 1. The molecule has 3 atom stereocenters. The molecule has 3 aliphatic heterocycles. The Labute approximate surface area is 284 Å². The fourth-order valence-electron chi connectivity index (χ4n) is 5.16. The highest BCUT2D eigenvalue weighted by Gasteiger charge is 2.66. The molecule has 20 heteroatoms. The lowest BCUT2D eigenvalue weighted by Gasteiger charge is -2.40. The number of ketones is 1. The molecule has 0 spiro atoms. The molecule has 48 heavy (non-hydrogen) atoms. The van der Waals surface area contributed by atoms with Crippen LogP contribution < -0.4 is 5.43 Å². The minimum Gasteiger partial charge on any atom is -0.541 e. The van der Waals surface area contributed by atoms with Gasteiger partial charge in [0.15, 0.2) is 11.5 Å². The SMILES string of the molecule is [B]OC(=O)[C@@]1(N2CCN(NC(=O)n3ccnc3)C2=O)CN2C(=O)[C@@H](CC(=O)/C(=N\OC(C)(C)C(=O)OC(C)(C)C)c3csc(C)n3)[C@H]2S1. The molecular formula is C28H33BN8O9S2. The standard InChI is InChI=1S/C28H33BN8O9S2/c1-15-31-17(12-47-15)19(33-46-27(5,6)22(40)44-26(2,3)4)18(38)11-16-20(39)35-13-28(23(41)45-29,48-21(16)35)36-9-10-37(25(36)43)32-24(42)34-8-7-30-14-34/h7-8,12,14,16,21H,9-11,13H2,1-6H3,(H,32,42)/b33-19-/t16-,21-,28-/m1/s1. The Balaban J connectivity index is 1.33. The minimum absolute atomic E-state index is 0.00571. The lowest BCUT2D eigenvalue weighted by molar-refractivity contribution is -0.179. The van der Waals surface area contributed by atoms with Crippen molar-refractivity contribution >= 4 is 72.6 Å². The molecule has 0 unspecified atom stereocenters. The molecule has 5 rings (SSSR count). The number of hydrogen-bond donors (Lipinski definition) is 1. The maximum absolute atomic E-state index is 13.7. The smallest absolute Gasteiger partial charge is 0.378 e. The third-order valence-electron chi connectivity index (χ3n) is 7.58. The molecule has 0 bridgehead atoms. The second kappa shape index (κ2) is 12.9. The van der Waals surface area contributed by atoms with Gasteiger partial charge in [-0.2, -0.15) is 0 Å². The van der Waals surface area contributed by atoms with Gasteiger partial charge in [0.1, 0.15) is 17.6 Å². The molecule has 4 amide bonds. The van der Waals surface area contributed by atoms with Gasteiger partial charge in [0.2, 0.25) is 16.4 Å². The number of thioether (sulfide) groups is 1. The van der Waals surface area contributed by atoms with Crippen LogP contribution in [0.2, 0.25) is 0 Å². The van der Waals surface area contributed by atoms with E-state index in [1.807, 2.05) is 0 Å². The number of hydrogen-bond acceptors (Lipinski definition) is 14. The van der Waals surface area contributed by atoms with Crippen LogP contribution in [0.4, 0.5) is 9.59 Å². The van der Waals surface area contributed by atoms with Crippen LogP contribution in [0.5, 0.6) is 0 Å². The predicted molar refractivity (Wildman–Crippen MR) is 170 cm³/mol. The van der Waals surface area contributed by atoms with Crippen LogP contribution in [0, 0.1) is 12.8 Å². The van der Waals surface area contributed by atoms with Gasteiger partial charge in [-0.15, -0.1) is 11.3 Å². The Morgan fingerprint density at radius 3 is 2.50 bits per heavy atom. The van der Waals surface area contributed by atoms with Gasteiger partial charge in [0.05, 0.1) is 29.4 Å². The van der Waals surface area contributed by atoms with Crippen LogP contribution in [0.25, 0.3) is 0 Å². The number of amides is 4. The number of nitrogens with zero attached hydrogens (tertiary/aromatic N) is 7. The van der Waals surface area contributed by atoms with Gasteiger partial charge >= 0.3 is 32.0 Å². The Morgan fingerprint density at radius 1 is 1.17 bits per heavy atom. The molecule has 17 nitrogen and oxygen atoms in total. The zero-order chi connectivity index (χ0) is 35.2. The molecule has 1 N–H and O–H groups in total. The fraction of sp³-hybridized carbons (Fsp3) is 0.536. The van der Waals surface area contributed by atoms with E-state index < -0.39 is 63.1 Å². The number of aromatic nitrogens is 3. The first-order valence-corrected chi connectivity index (χ1v) is 16.5. The van der Waals surface area contributed by atoms with E-state index >= 15 is 0 Å². The monoisotopic (exact) mass is 700 g/mol. The molecule has 3 aliphatic rings. The first kappa shape index (κ1) is 34.9. The van der Waals surface area contributed by atoms with E-state index in [0.29, 0.717) is 5.01 Å². The van der Waals surface area contributed by atoms with Crippen molar-refractivity contribution in [1.82, 2.24) is 34.8 Å². The molecular weight excluding hydrogens is 667 g/mol. The van der Waals surface area contributed by atoms with E-state index in [-0.39, 0.29) is 37.5 Å². The summed E-state index contributed by atoms with van der Waals surface area (Å²) in [4.78, 5) is 93.5. The summed E-state index contributed by atoms with van der Waals surface area (Å²) in [6, 6.07) is -1.37. The number of carbonyl (C=O) groups is 6. The third kappa shape index (κ3) is 6.62. The number of hydrazine groups is 1. The predicted octanol–water partition coefficient (Wildman–Crippen LogP) is 1.21. The molecule has 0 saturated carbocycles. The van der Waals surface area contributed by atoms with Gasteiger partial charge < -0.3 is 19.1 Å². The summed E-state index contributed by atoms with van der Waals surface area (Å²) >= 11 is 2.22. The topological polar surface area (TPSA) is 195 Å². The Hall–Kier alpha value is -4.46. The fourth-order valence-corrected chi connectivity index (χ4v) is 7.50. The van der Waals surface area contributed by atoms with Crippen molar-refractivity contribution in [1.29, 1.82) is 0 Å². The zero-order valence-electron chi connectivity index (χ0n) is 27.0. The number of aryl methyl sites for hydroxylation is 1. The highest BCUT2D eigenvalue weighted by Crippen LogP contribution is 2.53. The lowest BCUT2D eigenvalue weighted by atomic mass is 9.90. The van der Waals surface area contributed by atoms with Crippen LogP contribution in [-0.2, 0) is 33.4 Å². The van der Waals surface area contributed by atoms with Gasteiger partial charge in [-0.1, -0.05) is 16.9 Å². The molecule has 5 heterocycles. The van der Waals surface area contributed by atoms with E-state index in [0.717, 1.165) is 21.3 Å². The van der Waals surface area contributed by atoms with Gasteiger partial charge in [-0.05, 0) is 41.5 Å². The molecule has 254 valence electrons. The summed E-state index contributed by atoms with van der Waals surface area (Å²) in [5.41, 5.74) is 0.106. The summed E-state index contributed by atoms with van der Waals surface area (Å²) in [7, 11) is 5.30. The van der Waals surface area contributed by atoms with Crippen LogP contribution in [0.3, 0.4) is 0 Å². The number of Topliss-reactive ketones (excluding diaryl/α,β-unsaturated/α-hetero) is 1. The molecule has 3 saturated heterocycles. The number of ether oxygens (including phenoxy) is 1. The second-order valence-electron chi connectivity index (χ2n) is 12.7. The minimum atomic E-state index is -1.75. The summed E-state index contributed by atoms with van der Waals surface area (Å²) in [5.74, 6) is -3.62. The number of imidazole rings is 1. The van der Waals surface area contributed by atoms with E-state index in [1.165, 1.54) is 53.7 Å². The van der Waals surface area contributed by atoms with E-state index in [4.69, 9.17) is 17.6 Å². The van der Waals surface area contributed by atoms with Crippen molar-refractivity contribution < 1.29 is 43.0 Å². The average Bonchev–Trinajstić information content (AvgIpc) is 3.82. The number of thiazole rings is 1. The van der Waals surface area contributed by atoms with Crippen molar-refractivity contribution in [2.75, 3.05) is 19.6 Å². The van der Waals surface area contributed by atoms with Crippen molar-refractivity contribution in [2.24, 2.45) is 11.1 Å². The zero-order valence-corrected chi connectivity index (χ0v) is 28.6. The molecule has 2 radical (unpaired) electrons. The number of rotatable bonds is 10. The number of carbonyl (C=O) groups excluding carboxylic acids is 6. The van der Waals surface area contributed by atoms with Gasteiger partial charge in [0, 0.05) is 30.7 Å². The number of esters is 1. The molecule has 3 fully saturated rings. The van der Waals surface area contributed by atoms with Gasteiger partial charge in [-0.25, -0.2) is 34.8 Å². The van der Waals surface area contributed by atoms with Crippen LogP contribution in [0.1, 0.15) is 51.7 Å². The second-order valence-corrected chi connectivity index (χ2v) is 15.1. The Kier molecular flexibility index (Phi) is 9.35. The van der Waals surface area contributed by atoms with Crippen molar-refractivity contribution in [3.8, 4) is 0 Å². The Morgan fingerprint density at radius 2 is 1.90 bits per heavy atom. The van der Waals surface area contributed by atoms with Crippen LogP contribution >= 0.6 is 23.1 Å². The van der Waals surface area contributed by atoms with Crippen LogP contribution in [0.15, 0.2) is 29.3 Å². The van der Waals surface area contributed by atoms with E-state index in [1.54, 1.807) is 33.1 Å². The van der Waals surface area contributed by atoms with Crippen molar-refractivity contribution in [3.05, 3.63) is 34.8 Å². The average molecular weight is 701 g/mol.